The molecule has 2 aromatic carbocycles. The Morgan fingerprint density at radius 2 is 1.48 bits per heavy atom. The van der Waals surface area contributed by atoms with Crippen molar-refractivity contribution < 1.29 is 0 Å². The van der Waals surface area contributed by atoms with Crippen molar-refractivity contribution in [1.82, 2.24) is 15.0 Å². The van der Waals surface area contributed by atoms with Gasteiger partial charge in [-0.05, 0) is 36.4 Å². The summed E-state index contributed by atoms with van der Waals surface area (Å²) in [6, 6.07) is 19.2. The molecule has 122 valence electrons. The monoisotopic (exact) mass is 365 g/mol. The van der Waals surface area contributed by atoms with Crippen LogP contribution < -0.4 is 0 Å². The summed E-state index contributed by atoms with van der Waals surface area (Å²) in [6.45, 7) is 0. The molecule has 0 spiro atoms. The number of imidazole rings is 1. The first-order chi connectivity index (χ1) is 12.2. The molecule has 0 fully saturated rings. The SMILES string of the molecule is Clc1ccc(-c2[nH]c(-c3ccccc3Cl)nc2-c2ccncc2)cc1. The van der Waals surface area contributed by atoms with Crippen molar-refractivity contribution >= 4 is 23.2 Å². The third-order valence-corrected chi connectivity index (χ3v) is 4.50. The molecule has 4 aromatic rings. The minimum atomic E-state index is 0.653. The number of benzene rings is 2. The van der Waals surface area contributed by atoms with E-state index >= 15 is 0 Å². The zero-order valence-corrected chi connectivity index (χ0v) is 14.6. The highest BCUT2D eigenvalue weighted by Gasteiger charge is 2.16. The van der Waals surface area contributed by atoms with Gasteiger partial charge in [-0.2, -0.15) is 0 Å². The van der Waals surface area contributed by atoms with Gasteiger partial charge in [-0.1, -0.05) is 47.5 Å². The van der Waals surface area contributed by atoms with E-state index in [0.29, 0.717) is 10.0 Å². The van der Waals surface area contributed by atoms with E-state index in [1.54, 1.807) is 12.4 Å². The van der Waals surface area contributed by atoms with Crippen molar-refractivity contribution in [3.05, 3.63) is 83.1 Å². The molecule has 2 aromatic heterocycles. The first kappa shape index (κ1) is 15.9. The van der Waals surface area contributed by atoms with E-state index in [1.165, 1.54) is 0 Å². The number of aromatic nitrogens is 3. The summed E-state index contributed by atoms with van der Waals surface area (Å²) in [6.07, 6.45) is 3.51. The number of halogens is 2. The summed E-state index contributed by atoms with van der Waals surface area (Å²) < 4.78 is 0. The molecule has 0 saturated heterocycles. The van der Waals surface area contributed by atoms with Gasteiger partial charge in [-0.3, -0.25) is 4.98 Å². The van der Waals surface area contributed by atoms with Crippen molar-refractivity contribution in [2.75, 3.05) is 0 Å². The molecular formula is C20H13Cl2N3. The van der Waals surface area contributed by atoms with Crippen LogP contribution in [0.5, 0.6) is 0 Å². The molecule has 0 radical (unpaired) electrons. The lowest BCUT2D eigenvalue weighted by molar-refractivity contribution is 1.30. The lowest BCUT2D eigenvalue weighted by Crippen LogP contribution is -1.84. The summed E-state index contributed by atoms with van der Waals surface area (Å²) in [5.74, 6) is 0.724. The minimum absolute atomic E-state index is 0.653. The summed E-state index contributed by atoms with van der Waals surface area (Å²) in [4.78, 5) is 12.3. The Balaban J connectivity index is 1.92. The van der Waals surface area contributed by atoms with Gasteiger partial charge in [-0.25, -0.2) is 4.98 Å². The molecule has 0 saturated carbocycles. The number of rotatable bonds is 3. The normalized spacial score (nSPS) is 10.8. The highest BCUT2D eigenvalue weighted by molar-refractivity contribution is 6.33. The van der Waals surface area contributed by atoms with Crippen LogP contribution in [-0.2, 0) is 0 Å². The highest BCUT2D eigenvalue weighted by Crippen LogP contribution is 2.35. The Morgan fingerprint density at radius 3 is 2.20 bits per heavy atom. The standard InChI is InChI=1S/C20H13Cl2N3/c21-15-7-5-13(6-8-15)18-19(14-9-11-23-12-10-14)25-20(24-18)16-3-1-2-4-17(16)22/h1-12H,(H,24,25). The van der Waals surface area contributed by atoms with Crippen LogP contribution in [0.3, 0.4) is 0 Å². The number of hydrogen-bond donors (Lipinski definition) is 1. The lowest BCUT2D eigenvalue weighted by Gasteiger charge is -2.03. The topological polar surface area (TPSA) is 41.6 Å². The van der Waals surface area contributed by atoms with Gasteiger partial charge >= 0.3 is 0 Å². The smallest absolute Gasteiger partial charge is 0.140 e. The number of nitrogens with zero attached hydrogens (tertiary/aromatic N) is 2. The molecule has 3 nitrogen and oxygen atoms in total. The van der Waals surface area contributed by atoms with E-state index in [-0.39, 0.29) is 0 Å². The molecule has 0 atom stereocenters. The second-order valence-electron chi connectivity index (χ2n) is 5.53. The van der Waals surface area contributed by atoms with Crippen LogP contribution in [0.2, 0.25) is 10.0 Å². The first-order valence-corrected chi connectivity index (χ1v) is 8.49. The van der Waals surface area contributed by atoms with E-state index in [9.17, 15) is 0 Å². The molecule has 0 unspecified atom stereocenters. The maximum atomic E-state index is 6.35. The molecular weight excluding hydrogens is 353 g/mol. The van der Waals surface area contributed by atoms with E-state index in [1.807, 2.05) is 60.7 Å². The van der Waals surface area contributed by atoms with E-state index in [4.69, 9.17) is 28.2 Å². The molecule has 4 rings (SSSR count). The average molecular weight is 366 g/mol. The molecule has 0 aliphatic rings. The average Bonchev–Trinajstić information content (AvgIpc) is 3.08. The Kier molecular flexibility index (Phi) is 4.26. The van der Waals surface area contributed by atoms with Crippen molar-refractivity contribution in [2.45, 2.75) is 0 Å². The fraction of sp³-hybridized carbons (Fsp3) is 0. The van der Waals surface area contributed by atoms with Gasteiger partial charge in [0, 0.05) is 34.1 Å². The third kappa shape index (κ3) is 3.16. The second-order valence-corrected chi connectivity index (χ2v) is 6.38. The van der Waals surface area contributed by atoms with Crippen molar-refractivity contribution in [3.63, 3.8) is 0 Å². The van der Waals surface area contributed by atoms with Gasteiger partial charge in [0.1, 0.15) is 5.82 Å². The third-order valence-electron chi connectivity index (χ3n) is 3.92. The zero-order valence-electron chi connectivity index (χ0n) is 13.1. The fourth-order valence-corrected chi connectivity index (χ4v) is 3.05. The zero-order chi connectivity index (χ0) is 17.2. The second kappa shape index (κ2) is 6.71. The molecule has 25 heavy (non-hydrogen) atoms. The number of H-pyrrole nitrogens is 1. The van der Waals surface area contributed by atoms with Crippen molar-refractivity contribution in [2.24, 2.45) is 0 Å². The Labute approximate surface area is 155 Å². The van der Waals surface area contributed by atoms with Gasteiger partial charge < -0.3 is 4.98 Å². The van der Waals surface area contributed by atoms with Crippen LogP contribution in [0.4, 0.5) is 0 Å². The Bertz CT molecular complexity index is 1010. The predicted octanol–water partition coefficient (Wildman–Crippen LogP) is 6.11. The predicted molar refractivity (Wildman–Crippen MR) is 103 cm³/mol. The highest BCUT2D eigenvalue weighted by atomic mass is 35.5. The van der Waals surface area contributed by atoms with Crippen LogP contribution in [-0.4, -0.2) is 15.0 Å². The van der Waals surface area contributed by atoms with E-state index in [0.717, 1.165) is 33.9 Å². The molecule has 1 N–H and O–H groups in total. The Hall–Kier alpha value is -2.62. The maximum absolute atomic E-state index is 6.35. The number of pyridine rings is 1. The molecule has 2 heterocycles. The van der Waals surface area contributed by atoms with Gasteiger partial charge in [0.05, 0.1) is 16.4 Å². The van der Waals surface area contributed by atoms with E-state index < -0.39 is 0 Å². The maximum Gasteiger partial charge on any atom is 0.140 e. The first-order valence-electron chi connectivity index (χ1n) is 7.73. The van der Waals surface area contributed by atoms with Gasteiger partial charge in [0.2, 0.25) is 0 Å². The number of aromatic amines is 1. The van der Waals surface area contributed by atoms with Crippen LogP contribution >= 0.6 is 23.2 Å². The fourth-order valence-electron chi connectivity index (χ4n) is 2.70. The molecule has 0 bridgehead atoms. The van der Waals surface area contributed by atoms with Crippen LogP contribution in [0.15, 0.2) is 73.1 Å². The van der Waals surface area contributed by atoms with Gasteiger partial charge in [0.15, 0.2) is 0 Å². The molecule has 0 aliphatic heterocycles. The summed E-state index contributed by atoms with van der Waals surface area (Å²) in [7, 11) is 0. The number of nitrogens with one attached hydrogen (secondary N) is 1. The number of hydrogen-bond acceptors (Lipinski definition) is 2. The Morgan fingerprint density at radius 1 is 0.760 bits per heavy atom. The molecule has 0 aliphatic carbocycles. The quantitative estimate of drug-likeness (QED) is 0.475. The van der Waals surface area contributed by atoms with Gasteiger partial charge in [-0.15, -0.1) is 0 Å². The molecule has 5 heteroatoms. The largest absolute Gasteiger partial charge is 0.337 e. The summed E-state index contributed by atoms with van der Waals surface area (Å²) >= 11 is 12.4. The molecule has 0 amide bonds. The van der Waals surface area contributed by atoms with E-state index in [2.05, 4.69) is 9.97 Å². The van der Waals surface area contributed by atoms with Crippen LogP contribution in [0.1, 0.15) is 0 Å². The summed E-state index contributed by atoms with van der Waals surface area (Å²) in [5.41, 5.74) is 4.61. The minimum Gasteiger partial charge on any atom is -0.337 e. The lowest BCUT2D eigenvalue weighted by atomic mass is 10.1. The van der Waals surface area contributed by atoms with Crippen molar-refractivity contribution in [1.29, 1.82) is 0 Å². The van der Waals surface area contributed by atoms with Crippen LogP contribution in [0.25, 0.3) is 33.9 Å². The van der Waals surface area contributed by atoms with Crippen LogP contribution in [0, 0.1) is 0 Å². The van der Waals surface area contributed by atoms with Crippen molar-refractivity contribution in [3.8, 4) is 33.9 Å². The summed E-state index contributed by atoms with van der Waals surface area (Å²) in [5, 5.41) is 1.35. The van der Waals surface area contributed by atoms with Gasteiger partial charge in [0.25, 0.3) is 0 Å².